The number of hydrogen-bond donors (Lipinski definition) is 0. The monoisotopic (exact) mass is 574 g/mol. The van der Waals surface area contributed by atoms with E-state index in [4.69, 9.17) is 4.74 Å². The van der Waals surface area contributed by atoms with Gasteiger partial charge in [-0.15, -0.1) is 5.10 Å². The molecule has 0 radical (unpaired) electrons. The van der Waals surface area contributed by atoms with E-state index in [1.54, 1.807) is 11.8 Å². The minimum atomic E-state index is -0.900. The largest absolute Gasteiger partial charge is 0.497 e. The van der Waals surface area contributed by atoms with Gasteiger partial charge in [0, 0.05) is 33.2 Å². The van der Waals surface area contributed by atoms with E-state index in [9.17, 15) is 9.59 Å². The van der Waals surface area contributed by atoms with Gasteiger partial charge >= 0.3 is 6.03 Å². The molecule has 7 rings (SSSR count). The van der Waals surface area contributed by atoms with Crippen LogP contribution in [0.25, 0.3) is 21.8 Å². The number of piperidine rings is 1. The first kappa shape index (κ1) is 27.1. The molecule has 5 aromatic rings. The van der Waals surface area contributed by atoms with Crippen molar-refractivity contribution in [1.29, 1.82) is 0 Å². The Balaban J connectivity index is 1.17. The number of likely N-dealkylation sites (tertiary alicyclic amines) is 1. The highest BCUT2D eigenvalue weighted by Crippen LogP contribution is 2.40. The molecule has 0 aliphatic carbocycles. The molecule has 1 spiro atoms. The minimum absolute atomic E-state index is 0.120. The smallest absolute Gasteiger partial charge is 0.328 e. The Morgan fingerprint density at radius 1 is 0.837 bits per heavy atom. The van der Waals surface area contributed by atoms with Crippen molar-refractivity contribution in [2.24, 2.45) is 7.05 Å². The summed E-state index contributed by atoms with van der Waals surface area (Å²) in [6.45, 7) is 2.77. The second-order valence-corrected chi connectivity index (χ2v) is 11.6. The van der Waals surface area contributed by atoms with Gasteiger partial charge in [-0.25, -0.2) is 9.48 Å². The maximum Gasteiger partial charge on any atom is 0.328 e. The first-order valence-corrected chi connectivity index (χ1v) is 14.7. The standard InChI is InChI=1S/C34H34N6O3/c1-37-31-14-13-25(20-30(31)35-36-37)22-40-33(42)39(21-24-7-5-11-28(19-24)43-2)32(41)34(40)15-17-38(18-16-34)23-27-10-6-9-26-8-3-4-12-29(26)27/h3-14,19-20H,15-18,21-23H2,1-2H3. The highest BCUT2D eigenvalue weighted by Gasteiger charge is 2.57. The molecule has 0 atom stereocenters. The third kappa shape index (κ3) is 4.79. The fourth-order valence-electron chi connectivity index (χ4n) is 6.70. The fraction of sp³-hybridized carbons (Fsp3) is 0.294. The maximum atomic E-state index is 14.3. The van der Waals surface area contributed by atoms with Crippen LogP contribution in [0.15, 0.2) is 84.9 Å². The van der Waals surface area contributed by atoms with Gasteiger partial charge in [0.1, 0.15) is 16.8 Å². The van der Waals surface area contributed by atoms with E-state index in [1.165, 1.54) is 21.2 Å². The van der Waals surface area contributed by atoms with Gasteiger partial charge in [0.05, 0.1) is 19.2 Å². The average Bonchev–Trinajstić information content (AvgIpc) is 3.49. The number of imide groups is 1. The van der Waals surface area contributed by atoms with Crippen molar-refractivity contribution in [2.45, 2.75) is 38.0 Å². The second-order valence-electron chi connectivity index (χ2n) is 11.6. The lowest BCUT2D eigenvalue weighted by molar-refractivity contribution is -0.136. The van der Waals surface area contributed by atoms with Gasteiger partial charge in [-0.05, 0) is 64.6 Å². The molecule has 43 heavy (non-hydrogen) atoms. The van der Waals surface area contributed by atoms with Crippen LogP contribution in [0, 0.1) is 0 Å². The third-order valence-corrected chi connectivity index (χ3v) is 9.07. The Bertz CT molecular complexity index is 1840. The van der Waals surface area contributed by atoms with Gasteiger partial charge in [0.25, 0.3) is 5.91 Å². The number of benzene rings is 4. The van der Waals surface area contributed by atoms with Gasteiger partial charge in [-0.2, -0.15) is 0 Å². The first-order valence-electron chi connectivity index (χ1n) is 14.7. The predicted octanol–water partition coefficient (Wildman–Crippen LogP) is 5.13. The summed E-state index contributed by atoms with van der Waals surface area (Å²) in [6, 6.07) is 28.1. The molecule has 0 N–H and O–H groups in total. The fourth-order valence-corrected chi connectivity index (χ4v) is 6.70. The maximum absolute atomic E-state index is 14.3. The molecule has 1 aromatic heterocycles. The van der Waals surface area contributed by atoms with Crippen molar-refractivity contribution in [2.75, 3.05) is 20.2 Å². The summed E-state index contributed by atoms with van der Waals surface area (Å²) in [6.07, 6.45) is 1.15. The molecule has 2 fully saturated rings. The van der Waals surface area contributed by atoms with Crippen LogP contribution in [0.3, 0.4) is 0 Å². The highest BCUT2D eigenvalue weighted by atomic mass is 16.5. The molecule has 4 aromatic carbocycles. The molecule has 0 bridgehead atoms. The lowest BCUT2D eigenvalue weighted by Gasteiger charge is -2.42. The van der Waals surface area contributed by atoms with Crippen molar-refractivity contribution < 1.29 is 14.3 Å². The van der Waals surface area contributed by atoms with Crippen LogP contribution in [-0.2, 0) is 31.5 Å². The first-order chi connectivity index (χ1) is 20.9. The zero-order valence-corrected chi connectivity index (χ0v) is 24.4. The van der Waals surface area contributed by atoms with Crippen LogP contribution in [0.1, 0.15) is 29.5 Å². The van der Waals surface area contributed by atoms with Crippen LogP contribution in [-0.4, -0.2) is 67.4 Å². The van der Waals surface area contributed by atoms with Crippen LogP contribution in [0.4, 0.5) is 4.79 Å². The number of aryl methyl sites for hydroxylation is 1. The number of nitrogens with zero attached hydrogens (tertiary/aromatic N) is 6. The Labute approximate surface area is 250 Å². The molecule has 9 heteroatoms. The SMILES string of the molecule is COc1cccc(CN2C(=O)N(Cc3ccc4c(c3)nnn4C)C3(CCN(Cc4cccc5ccccc45)CC3)C2=O)c1. The molecule has 2 aliphatic rings. The molecule has 0 unspecified atom stereocenters. The lowest BCUT2D eigenvalue weighted by Crippen LogP contribution is -2.56. The molecule has 0 saturated carbocycles. The Morgan fingerprint density at radius 2 is 1.60 bits per heavy atom. The minimum Gasteiger partial charge on any atom is -0.497 e. The van der Waals surface area contributed by atoms with Crippen molar-refractivity contribution in [3.8, 4) is 5.75 Å². The van der Waals surface area contributed by atoms with Crippen molar-refractivity contribution in [1.82, 2.24) is 29.7 Å². The van der Waals surface area contributed by atoms with Crippen molar-refractivity contribution in [3.05, 3.63) is 102 Å². The number of ether oxygens (including phenoxy) is 1. The van der Waals surface area contributed by atoms with E-state index in [2.05, 4.69) is 57.7 Å². The number of urea groups is 1. The van der Waals surface area contributed by atoms with E-state index in [0.29, 0.717) is 25.1 Å². The summed E-state index contributed by atoms with van der Waals surface area (Å²) in [5.41, 5.74) is 3.84. The van der Waals surface area contributed by atoms with Gasteiger partial charge in [-0.3, -0.25) is 14.6 Å². The zero-order valence-electron chi connectivity index (χ0n) is 24.4. The number of carbonyl (C=O) groups is 2. The van der Waals surface area contributed by atoms with Crippen LogP contribution >= 0.6 is 0 Å². The predicted molar refractivity (Wildman–Crippen MR) is 164 cm³/mol. The molecule has 218 valence electrons. The summed E-state index contributed by atoms with van der Waals surface area (Å²) >= 11 is 0. The number of carbonyl (C=O) groups excluding carboxylic acids is 2. The van der Waals surface area contributed by atoms with E-state index in [1.807, 2.05) is 54.4 Å². The van der Waals surface area contributed by atoms with E-state index >= 15 is 0 Å². The Hall–Kier alpha value is -4.76. The number of hydrogen-bond acceptors (Lipinski definition) is 6. The quantitative estimate of drug-likeness (QED) is 0.251. The number of methoxy groups -OCH3 is 1. The molecule has 2 saturated heterocycles. The second kappa shape index (κ2) is 10.8. The molecule has 9 nitrogen and oxygen atoms in total. The van der Waals surface area contributed by atoms with Gasteiger partial charge in [0.2, 0.25) is 0 Å². The molecule has 3 heterocycles. The number of fused-ring (bicyclic) bond motifs is 2. The average molecular weight is 575 g/mol. The topological polar surface area (TPSA) is 83.8 Å². The van der Waals surface area contributed by atoms with E-state index in [0.717, 1.165) is 41.8 Å². The molecule has 3 amide bonds. The molecular weight excluding hydrogens is 540 g/mol. The summed E-state index contributed by atoms with van der Waals surface area (Å²) in [7, 11) is 3.47. The summed E-state index contributed by atoms with van der Waals surface area (Å²) in [5.74, 6) is 0.577. The van der Waals surface area contributed by atoms with Crippen LogP contribution in [0.2, 0.25) is 0 Å². The normalized spacial score (nSPS) is 17.1. The van der Waals surface area contributed by atoms with Gasteiger partial charge < -0.3 is 9.64 Å². The Morgan fingerprint density at radius 3 is 2.44 bits per heavy atom. The molecular formula is C34H34N6O3. The summed E-state index contributed by atoms with van der Waals surface area (Å²) < 4.78 is 7.12. The van der Waals surface area contributed by atoms with E-state index < -0.39 is 5.54 Å². The van der Waals surface area contributed by atoms with Crippen molar-refractivity contribution in [3.63, 3.8) is 0 Å². The lowest BCUT2D eigenvalue weighted by atomic mass is 9.85. The van der Waals surface area contributed by atoms with E-state index in [-0.39, 0.29) is 18.5 Å². The number of aromatic nitrogens is 3. The summed E-state index contributed by atoms with van der Waals surface area (Å²) in [4.78, 5) is 34.0. The highest BCUT2D eigenvalue weighted by molar-refractivity contribution is 6.07. The zero-order chi connectivity index (χ0) is 29.6. The Kier molecular flexibility index (Phi) is 6.82. The van der Waals surface area contributed by atoms with Crippen molar-refractivity contribution >= 4 is 33.7 Å². The van der Waals surface area contributed by atoms with Gasteiger partial charge in [0.15, 0.2) is 0 Å². The van der Waals surface area contributed by atoms with Crippen LogP contribution in [0.5, 0.6) is 5.75 Å². The number of rotatable bonds is 7. The van der Waals surface area contributed by atoms with Gasteiger partial charge in [-0.1, -0.05) is 65.9 Å². The third-order valence-electron chi connectivity index (χ3n) is 9.07. The number of amides is 3. The summed E-state index contributed by atoms with van der Waals surface area (Å²) in [5, 5.41) is 10.9. The van der Waals surface area contributed by atoms with Crippen LogP contribution < -0.4 is 4.74 Å². The molecule has 2 aliphatic heterocycles.